The van der Waals surface area contributed by atoms with Crippen molar-refractivity contribution >= 4 is 0 Å². The summed E-state index contributed by atoms with van der Waals surface area (Å²) in [4.78, 5) is 2.64. The highest BCUT2D eigenvalue weighted by atomic mass is 16.3. The lowest BCUT2D eigenvalue weighted by Gasteiger charge is -2.34. The van der Waals surface area contributed by atoms with E-state index in [1.54, 1.807) is 0 Å². The first kappa shape index (κ1) is 12.9. The van der Waals surface area contributed by atoms with E-state index in [9.17, 15) is 5.11 Å². The number of piperidine rings is 1. The van der Waals surface area contributed by atoms with Crippen LogP contribution in [0.4, 0.5) is 0 Å². The molecule has 0 spiro atoms. The summed E-state index contributed by atoms with van der Waals surface area (Å²) in [6.45, 7) is 4.68. The molecule has 0 bridgehead atoms. The summed E-state index contributed by atoms with van der Waals surface area (Å²) in [7, 11) is 0. The van der Waals surface area contributed by atoms with E-state index in [1.807, 2.05) is 0 Å². The fraction of sp³-hybridized carbons (Fsp3) is 1.00. The standard InChI is InChI=1S/C15H28N2O/c18-15(7-1-2-8-15)12-16-14-5-9-17(10-6-14)11-13-3-4-13/h13-14,16,18H,1-12H2. The quantitative estimate of drug-likeness (QED) is 0.782. The lowest BCUT2D eigenvalue weighted by Crippen LogP contribution is -2.48. The van der Waals surface area contributed by atoms with Crippen LogP contribution in [-0.4, -0.2) is 47.8 Å². The van der Waals surface area contributed by atoms with Gasteiger partial charge in [-0.15, -0.1) is 0 Å². The smallest absolute Gasteiger partial charge is 0.0771 e. The molecule has 0 atom stereocenters. The third-order valence-corrected chi connectivity index (χ3v) is 5.05. The minimum absolute atomic E-state index is 0.384. The van der Waals surface area contributed by atoms with Crippen molar-refractivity contribution in [1.82, 2.24) is 10.2 Å². The Morgan fingerprint density at radius 2 is 1.72 bits per heavy atom. The normalized spacial score (nSPS) is 29.8. The highest BCUT2D eigenvalue weighted by Crippen LogP contribution is 2.31. The van der Waals surface area contributed by atoms with E-state index in [2.05, 4.69) is 10.2 Å². The van der Waals surface area contributed by atoms with Gasteiger partial charge in [0.2, 0.25) is 0 Å². The van der Waals surface area contributed by atoms with Crippen molar-refractivity contribution < 1.29 is 5.11 Å². The topological polar surface area (TPSA) is 35.5 Å². The van der Waals surface area contributed by atoms with Crippen LogP contribution in [0.2, 0.25) is 0 Å². The minimum atomic E-state index is -0.384. The molecule has 3 heteroatoms. The Hall–Kier alpha value is -0.120. The molecule has 2 N–H and O–H groups in total. The Morgan fingerprint density at radius 1 is 1.06 bits per heavy atom. The van der Waals surface area contributed by atoms with Crippen LogP contribution in [0.1, 0.15) is 51.4 Å². The summed E-state index contributed by atoms with van der Waals surface area (Å²) in [5.74, 6) is 1.02. The van der Waals surface area contributed by atoms with Gasteiger partial charge in [0.05, 0.1) is 5.60 Å². The van der Waals surface area contributed by atoms with Gasteiger partial charge in [-0.1, -0.05) is 12.8 Å². The van der Waals surface area contributed by atoms with E-state index in [0.29, 0.717) is 6.04 Å². The molecule has 0 unspecified atom stereocenters. The average Bonchev–Trinajstić information content (AvgIpc) is 3.09. The van der Waals surface area contributed by atoms with E-state index in [4.69, 9.17) is 0 Å². The highest BCUT2D eigenvalue weighted by molar-refractivity contribution is 4.89. The fourth-order valence-corrected chi connectivity index (χ4v) is 3.53. The van der Waals surface area contributed by atoms with Crippen LogP contribution in [0, 0.1) is 5.92 Å². The number of rotatable bonds is 5. The van der Waals surface area contributed by atoms with Gasteiger partial charge in [-0.3, -0.25) is 0 Å². The van der Waals surface area contributed by atoms with Crippen LogP contribution in [0.3, 0.4) is 0 Å². The number of likely N-dealkylation sites (tertiary alicyclic amines) is 1. The molecule has 1 aliphatic heterocycles. The maximum atomic E-state index is 10.3. The first-order valence-corrected chi connectivity index (χ1v) is 7.92. The third-order valence-electron chi connectivity index (χ3n) is 5.05. The van der Waals surface area contributed by atoms with Crippen LogP contribution < -0.4 is 5.32 Å². The van der Waals surface area contributed by atoms with Gasteiger partial charge < -0.3 is 15.3 Å². The monoisotopic (exact) mass is 252 g/mol. The predicted octanol–water partition coefficient (Wildman–Crippen LogP) is 1.76. The van der Waals surface area contributed by atoms with E-state index in [-0.39, 0.29) is 5.60 Å². The van der Waals surface area contributed by atoms with Crippen LogP contribution in [0.5, 0.6) is 0 Å². The molecule has 0 aromatic heterocycles. The number of hydrogen-bond donors (Lipinski definition) is 2. The molecule has 3 rings (SSSR count). The summed E-state index contributed by atoms with van der Waals surface area (Å²) in [6, 6.07) is 0.644. The van der Waals surface area contributed by atoms with Gasteiger partial charge in [0, 0.05) is 19.1 Å². The fourth-order valence-electron chi connectivity index (χ4n) is 3.53. The van der Waals surface area contributed by atoms with Gasteiger partial charge in [0.1, 0.15) is 0 Å². The molecule has 1 saturated heterocycles. The molecule has 104 valence electrons. The van der Waals surface area contributed by atoms with Crippen molar-refractivity contribution in [3.8, 4) is 0 Å². The van der Waals surface area contributed by atoms with Crippen LogP contribution in [0.15, 0.2) is 0 Å². The minimum Gasteiger partial charge on any atom is -0.389 e. The summed E-state index contributed by atoms with van der Waals surface area (Å²) in [5, 5.41) is 13.9. The molecule has 0 aromatic rings. The lowest BCUT2D eigenvalue weighted by molar-refractivity contribution is 0.0416. The Labute approximate surface area is 111 Å². The molecule has 3 aliphatic rings. The number of aliphatic hydroxyl groups is 1. The molecule has 0 amide bonds. The van der Waals surface area contributed by atoms with Crippen molar-refractivity contribution in [2.45, 2.75) is 63.0 Å². The maximum absolute atomic E-state index is 10.3. The molecule has 0 aromatic carbocycles. The zero-order chi connectivity index (χ0) is 12.4. The van der Waals surface area contributed by atoms with Crippen LogP contribution >= 0.6 is 0 Å². The number of nitrogens with zero attached hydrogens (tertiary/aromatic N) is 1. The van der Waals surface area contributed by atoms with Gasteiger partial charge in [-0.2, -0.15) is 0 Å². The Morgan fingerprint density at radius 3 is 2.33 bits per heavy atom. The summed E-state index contributed by atoms with van der Waals surface area (Å²) in [6.07, 6.45) is 9.87. The van der Waals surface area contributed by atoms with Crippen molar-refractivity contribution in [2.24, 2.45) is 5.92 Å². The third kappa shape index (κ3) is 3.46. The molecule has 3 nitrogen and oxygen atoms in total. The van der Waals surface area contributed by atoms with Crippen LogP contribution in [0.25, 0.3) is 0 Å². The molecule has 3 fully saturated rings. The maximum Gasteiger partial charge on any atom is 0.0771 e. The number of hydrogen-bond acceptors (Lipinski definition) is 3. The SMILES string of the molecule is OC1(CNC2CCN(CC3CC3)CC2)CCCC1. The average molecular weight is 252 g/mol. The summed E-state index contributed by atoms with van der Waals surface area (Å²) >= 11 is 0. The van der Waals surface area contributed by atoms with Crippen molar-refractivity contribution in [1.29, 1.82) is 0 Å². The summed E-state index contributed by atoms with van der Waals surface area (Å²) in [5.41, 5.74) is -0.384. The van der Waals surface area contributed by atoms with Crippen molar-refractivity contribution in [3.63, 3.8) is 0 Å². The number of nitrogens with one attached hydrogen (secondary N) is 1. The molecular formula is C15H28N2O. The van der Waals surface area contributed by atoms with Crippen LogP contribution in [-0.2, 0) is 0 Å². The molecular weight excluding hydrogens is 224 g/mol. The van der Waals surface area contributed by atoms with Gasteiger partial charge in [-0.05, 0) is 57.5 Å². The predicted molar refractivity (Wildman–Crippen MR) is 73.6 cm³/mol. The van der Waals surface area contributed by atoms with Gasteiger partial charge in [-0.25, -0.2) is 0 Å². The van der Waals surface area contributed by atoms with Gasteiger partial charge in [0.25, 0.3) is 0 Å². The molecule has 2 saturated carbocycles. The Balaban J connectivity index is 1.34. The van der Waals surface area contributed by atoms with Crippen molar-refractivity contribution in [3.05, 3.63) is 0 Å². The molecule has 2 aliphatic carbocycles. The van der Waals surface area contributed by atoms with Gasteiger partial charge >= 0.3 is 0 Å². The largest absolute Gasteiger partial charge is 0.389 e. The zero-order valence-corrected chi connectivity index (χ0v) is 11.5. The second-order valence-electron chi connectivity index (χ2n) is 6.83. The molecule has 1 heterocycles. The van der Waals surface area contributed by atoms with Gasteiger partial charge in [0.15, 0.2) is 0 Å². The molecule has 18 heavy (non-hydrogen) atoms. The first-order chi connectivity index (χ1) is 8.73. The van der Waals surface area contributed by atoms with E-state index < -0.39 is 0 Å². The Bertz CT molecular complexity index is 264. The summed E-state index contributed by atoms with van der Waals surface area (Å²) < 4.78 is 0. The zero-order valence-electron chi connectivity index (χ0n) is 11.5. The van der Waals surface area contributed by atoms with E-state index in [1.165, 1.54) is 58.2 Å². The highest BCUT2D eigenvalue weighted by Gasteiger charge is 2.32. The van der Waals surface area contributed by atoms with Crippen molar-refractivity contribution in [2.75, 3.05) is 26.2 Å². The second-order valence-corrected chi connectivity index (χ2v) is 6.83. The Kier molecular flexibility index (Phi) is 3.92. The van der Waals surface area contributed by atoms with E-state index >= 15 is 0 Å². The molecule has 0 radical (unpaired) electrons. The van der Waals surface area contributed by atoms with E-state index in [0.717, 1.165) is 25.3 Å². The second kappa shape index (κ2) is 5.48. The first-order valence-electron chi connectivity index (χ1n) is 7.92. The lowest BCUT2D eigenvalue weighted by atomic mass is 9.99.